The van der Waals surface area contributed by atoms with Gasteiger partial charge in [-0.2, -0.15) is 0 Å². The monoisotopic (exact) mass is 290 g/mol. The Morgan fingerprint density at radius 3 is 2.62 bits per heavy atom. The van der Waals surface area contributed by atoms with Crippen LogP contribution >= 0.6 is 0 Å². The van der Waals surface area contributed by atoms with Gasteiger partial charge in [-0.1, -0.05) is 19.3 Å². The van der Waals surface area contributed by atoms with Crippen LogP contribution in [0.3, 0.4) is 0 Å². The van der Waals surface area contributed by atoms with Crippen molar-refractivity contribution in [3.05, 3.63) is 0 Å². The van der Waals surface area contributed by atoms with E-state index in [1.807, 2.05) is 0 Å². The fraction of sp³-hybridized carbons (Fsp3) is 0.944. The van der Waals surface area contributed by atoms with E-state index in [1.165, 1.54) is 44.9 Å². The lowest BCUT2D eigenvalue weighted by molar-refractivity contribution is -0.123. The third kappa shape index (κ3) is 2.52. The maximum absolute atomic E-state index is 12.4. The van der Waals surface area contributed by atoms with E-state index in [9.17, 15) is 4.79 Å². The molecular weight excluding hydrogens is 260 g/mol. The second-order valence-electron chi connectivity index (χ2n) is 8.24. The molecule has 3 nitrogen and oxygen atoms in total. The summed E-state index contributed by atoms with van der Waals surface area (Å²) >= 11 is 0. The van der Waals surface area contributed by atoms with Crippen LogP contribution in [0.25, 0.3) is 0 Å². The molecule has 21 heavy (non-hydrogen) atoms. The number of nitrogens with two attached hydrogens (primary N) is 1. The SMILES string of the molecule is NC1CCCCC1CC(=O)NC1CC2CC1C1CCCC21. The number of rotatable bonds is 3. The van der Waals surface area contributed by atoms with Gasteiger partial charge in [0.25, 0.3) is 0 Å². The average Bonchev–Trinajstić information content (AvgIpc) is 3.13. The first-order valence-electron chi connectivity index (χ1n) is 9.27. The molecule has 118 valence electrons. The number of amides is 1. The van der Waals surface area contributed by atoms with Crippen molar-refractivity contribution in [1.82, 2.24) is 5.32 Å². The fourth-order valence-electron chi connectivity index (χ4n) is 6.23. The van der Waals surface area contributed by atoms with E-state index in [0.717, 1.165) is 36.5 Å². The van der Waals surface area contributed by atoms with Crippen LogP contribution < -0.4 is 11.1 Å². The average molecular weight is 290 g/mol. The maximum Gasteiger partial charge on any atom is 0.220 e. The molecule has 7 unspecified atom stereocenters. The first kappa shape index (κ1) is 14.0. The number of hydrogen-bond acceptors (Lipinski definition) is 2. The molecule has 4 aliphatic rings. The van der Waals surface area contributed by atoms with E-state index in [-0.39, 0.29) is 11.9 Å². The van der Waals surface area contributed by atoms with Gasteiger partial charge in [0.05, 0.1) is 0 Å². The molecule has 0 spiro atoms. The largest absolute Gasteiger partial charge is 0.353 e. The summed E-state index contributed by atoms with van der Waals surface area (Å²) in [5.41, 5.74) is 6.19. The predicted octanol–water partition coefficient (Wildman–Crippen LogP) is 2.83. The summed E-state index contributed by atoms with van der Waals surface area (Å²) in [6.45, 7) is 0. The highest BCUT2D eigenvalue weighted by Crippen LogP contribution is 2.58. The van der Waals surface area contributed by atoms with Gasteiger partial charge in [-0.3, -0.25) is 4.79 Å². The Morgan fingerprint density at radius 2 is 1.76 bits per heavy atom. The van der Waals surface area contributed by atoms with Gasteiger partial charge < -0.3 is 11.1 Å². The summed E-state index contributed by atoms with van der Waals surface area (Å²) in [7, 11) is 0. The Kier molecular flexibility index (Phi) is 3.72. The molecule has 3 N–H and O–H groups in total. The molecule has 2 bridgehead atoms. The summed E-state index contributed by atoms with van der Waals surface area (Å²) < 4.78 is 0. The Balaban J connectivity index is 1.31. The molecule has 1 amide bonds. The van der Waals surface area contributed by atoms with Gasteiger partial charge in [0, 0.05) is 18.5 Å². The zero-order valence-electron chi connectivity index (χ0n) is 13.1. The smallest absolute Gasteiger partial charge is 0.220 e. The van der Waals surface area contributed by atoms with Crippen LogP contribution in [0.2, 0.25) is 0 Å². The van der Waals surface area contributed by atoms with E-state index in [2.05, 4.69) is 5.32 Å². The molecule has 4 saturated carbocycles. The summed E-state index contributed by atoms with van der Waals surface area (Å²) in [5.74, 6) is 4.37. The van der Waals surface area contributed by atoms with Crippen molar-refractivity contribution < 1.29 is 4.79 Å². The van der Waals surface area contributed by atoms with Crippen LogP contribution in [-0.4, -0.2) is 18.0 Å². The molecule has 4 aliphatic carbocycles. The molecule has 3 heteroatoms. The van der Waals surface area contributed by atoms with Crippen LogP contribution in [0.5, 0.6) is 0 Å². The normalized spacial score (nSPS) is 48.3. The first-order valence-corrected chi connectivity index (χ1v) is 9.27. The van der Waals surface area contributed by atoms with E-state index in [4.69, 9.17) is 5.73 Å². The molecule has 0 aromatic carbocycles. The Hall–Kier alpha value is -0.570. The number of nitrogens with one attached hydrogen (secondary N) is 1. The molecule has 0 aromatic heterocycles. The van der Waals surface area contributed by atoms with Crippen LogP contribution in [0, 0.1) is 29.6 Å². The molecule has 4 rings (SSSR count). The van der Waals surface area contributed by atoms with E-state index in [0.29, 0.717) is 18.4 Å². The van der Waals surface area contributed by atoms with Crippen molar-refractivity contribution in [2.75, 3.05) is 0 Å². The topological polar surface area (TPSA) is 55.1 Å². The Labute approximate surface area is 128 Å². The van der Waals surface area contributed by atoms with Gasteiger partial charge in [0.1, 0.15) is 0 Å². The highest BCUT2D eigenvalue weighted by molar-refractivity contribution is 5.76. The van der Waals surface area contributed by atoms with Gasteiger partial charge in [-0.25, -0.2) is 0 Å². The summed E-state index contributed by atoms with van der Waals surface area (Å²) in [4.78, 5) is 12.4. The quantitative estimate of drug-likeness (QED) is 0.840. The van der Waals surface area contributed by atoms with Crippen LogP contribution in [0.4, 0.5) is 0 Å². The number of carbonyl (C=O) groups excluding carboxylic acids is 1. The standard InChI is InChI=1S/C18H30N2O/c19-16-7-2-1-4-11(16)10-18(21)20-17-9-12-8-15(17)14-6-3-5-13(12)14/h11-17H,1-10,19H2,(H,20,21). The zero-order valence-corrected chi connectivity index (χ0v) is 13.1. The Morgan fingerprint density at radius 1 is 0.952 bits per heavy atom. The second kappa shape index (κ2) is 5.57. The highest BCUT2D eigenvalue weighted by Gasteiger charge is 2.54. The van der Waals surface area contributed by atoms with Gasteiger partial charge in [0.2, 0.25) is 5.91 Å². The second-order valence-corrected chi connectivity index (χ2v) is 8.24. The molecule has 7 atom stereocenters. The lowest BCUT2D eigenvalue weighted by atomic mass is 9.78. The minimum absolute atomic E-state index is 0.253. The van der Waals surface area contributed by atoms with E-state index in [1.54, 1.807) is 0 Å². The third-order valence-electron chi connectivity index (χ3n) is 7.19. The molecule has 0 aromatic rings. The van der Waals surface area contributed by atoms with Crippen molar-refractivity contribution in [3.63, 3.8) is 0 Å². The summed E-state index contributed by atoms with van der Waals surface area (Å²) in [5, 5.41) is 3.40. The molecular formula is C18H30N2O. The van der Waals surface area contributed by atoms with Crippen molar-refractivity contribution in [1.29, 1.82) is 0 Å². The number of hydrogen-bond donors (Lipinski definition) is 2. The van der Waals surface area contributed by atoms with Crippen molar-refractivity contribution in [3.8, 4) is 0 Å². The predicted molar refractivity (Wildman–Crippen MR) is 83.5 cm³/mol. The van der Waals surface area contributed by atoms with Crippen LogP contribution in [0.1, 0.15) is 64.2 Å². The lowest BCUT2D eigenvalue weighted by Crippen LogP contribution is -2.44. The highest BCUT2D eigenvalue weighted by atomic mass is 16.1. The van der Waals surface area contributed by atoms with Crippen molar-refractivity contribution in [2.45, 2.75) is 76.3 Å². The zero-order chi connectivity index (χ0) is 14.4. The maximum atomic E-state index is 12.4. The van der Waals surface area contributed by atoms with Gasteiger partial charge >= 0.3 is 0 Å². The summed E-state index contributed by atoms with van der Waals surface area (Å²) in [6.07, 6.45) is 12.4. The first-order chi connectivity index (χ1) is 10.2. The fourth-order valence-corrected chi connectivity index (χ4v) is 6.23. The molecule has 0 aliphatic heterocycles. The molecule has 0 saturated heterocycles. The van der Waals surface area contributed by atoms with Crippen LogP contribution in [-0.2, 0) is 4.79 Å². The number of fused-ring (bicyclic) bond motifs is 5. The van der Waals surface area contributed by atoms with Crippen molar-refractivity contribution in [2.24, 2.45) is 35.3 Å². The van der Waals surface area contributed by atoms with Gasteiger partial charge in [-0.05, 0) is 68.1 Å². The summed E-state index contributed by atoms with van der Waals surface area (Å²) in [6, 6.07) is 0.741. The van der Waals surface area contributed by atoms with Gasteiger partial charge in [-0.15, -0.1) is 0 Å². The van der Waals surface area contributed by atoms with Crippen LogP contribution in [0.15, 0.2) is 0 Å². The minimum Gasteiger partial charge on any atom is -0.353 e. The Bertz CT molecular complexity index is 410. The van der Waals surface area contributed by atoms with E-state index >= 15 is 0 Å². The number of carbonyl (C=O) groups is 1. The van der Waals surface area contributed by atoms with Gasteiger partial charge in [0.15, 0.2) is 0 Å². The molecule has 4 fully saturated rings. The van der Waals surface area contributed by atoms with Crippen molar-refractivity contribution >= 4 is 5.91 Å². The minimum atomic E-state index is 0.253. The molecule has 0 heterocycles. The molecule has 0 radical (unpaired) electrons. The third-order valence-corrected chi connectivity index (χ3v) is 7.19. The van der Waals surface area contributed by atoms with E-state index < -0.39 is 0 Å². The lowest BCUT2D eigenvalue weighted by Gasteiger charge is -2.33.